The number of carbonyl (C=O) groups excluding carboxylic acids is 1. The molecule has 0 aromatic heterocycles. The van der Waals surface area contributed by atoms with Crippen LogP contribution in [0.3, 0.4) is 0 Å². The number of hydrogen-bond donors (Lipinski definition) is 2. The molecule has 1 rings (SSSR count). The number of nitrogens with one attached hydrogen (secondary N) is 2. The lowest BCUT2D eigenvalue weighted by Crippen LogP contribution is -2.31. The van der Waals surface area contributed by atoms with Gasteiger partial charge in [-0.05, 0) is 13.1 Å². The molecule has 6 heteroatoms. The standard InChI is InChI=1S/C10H11F3N2O/c1-14-5-8(16)15-4-6-2-3-7(11)10(13)9(6)12/h2-3,14H,4-5H2,1H3,(H,15,16). The lowest BCUT2D eigenvalue weighted by atomic mass is 10.2. The quantitative estimate of drug-likeness (QED) is 0.758. The lowest BCUT2D eigenvalue weighted by molar-refractivity contribution is -0.120. The fourth-order valence-electron chi connectivity index (χ4n) is 1.12. The molecule has 0 fully saturated rings. The van der Waals surface area contributed by atoms with Gasteiger partial charge in [0.15, 0.2) is 17.5 Å². The molecule has 0 saturated heterocycles. The summed E-state index contributed by atoms with van der Waals surface area (Å²) in [5, 5.41) is 4.96. The molecule has 16 heavy (non-hydrogen) atoms. The molecule has 3 nitrogen and oxygen atoms in total. The maximum Gasteiger partial charge on any atom is 0.234 e. The van der Waals surface area contributed by atoms with Gasteiger partial charge in [0, 0.05) is 12.1 Å². The van der Waals surface area contributed by atoms with Crippen LogP contribution in [-0.4, -0.2) is 19.5 Å². The van der Waals surface area contributed by atoms with Gasteiger partial charge >= 0.3 is 0 Å². The van der Waals surface area contributed by atoms with Gasteiger partial charge in [-0.2, -0.15) is 0 Å². The Morgan fingerprint density at radius 2 is 1.94 bits per heavy atom. The summed E-state index contributed by atoms with van der Waals surface area (Å²) in [5.74, 6) is -4.40. The van der Waals surface area contributed by atoms with Crippen LogP contribution in [0.5, 0.6) is 0 Å². The summed E-state index contributed by atoms with van der Waals surface area (Å²) < 4.78 is 38.5. The van der Waals surface area contributed by atoms with Gasteiger partial charge in [-0.1, -0.05) is 6.07 Å². The molecule has 0 aliphatic rings. The molecule has 0 aliphatic heterocycles. The highest BCUT2D eigenvalue weighted by molar-refractivity contribution is 5.77. The van der Waals surface area contributed by atoms with Crippen molar-refractivity contribution in [2.45, 2.75) is 6.54 Å². The minimum atomic E-state index is -1.53. The molecular formula is C10H11F3N2O. The van der Waals surface area contributed by atoms with Crippen LogP contribution in [0.1, 0.15) is 5.56 Å². The molecule has 1 aromatic carbocycles. The van der Waals surface area contributed by atoms with E-state index in [4.69, 9.17) is 0 Å². The van der Waals surface area contributed by atoms with E-state index < -0.39 is 17.5 Å². The molecule has 0 bridgehead atoms. The number of rotatable bonds is 4. The average molecular weight is 232 g/mol. The Hall–Kier alpha value is -1.56. The second kappa shape index (κ2) is 5.50. The predicted molar refractivity (Wildman–Crippen MR) is 52.1 cm³/mol. The summed E-state index contributed by atoms with van der Waals surface area (Å²) in [5.41, 5.74) is -0.0941. The van der Waals surface area contributed by atoms with Crippen molar-refractivity contribution in [2.75, 3.05) is 13.6 Å². The third-order valence-electron chi connectivity index (χ3n) is 1.93. The van der Waals surface area contributed by atoms with Gasteiger partial charge in [-0.25, -0.2) is 13.2 Å². The van der Waals surface area contributed by atoms with E-state index in [2.05, 4.69) is 10.6 Å². The van der Waals surface area contributed by atoms with Crippen LogP contribution in [0.2, 0.25) is 0 Å². The number of likely N-dealkylation sites (N-methyl/N-ethyl adjacent to an activating group) is 1. The first-order valence-corrected chi connectivity index (χ1v) is 4.60. The molecule has 2 N–H and O–H groups in total. The van der Waals surface area contributed by atoms with E-state index in [1.54, 1.807) is 7.05 Å². The first-order valence-electron chi connectivity index (χ1n) is 4.60. The van der Waals surface area contributed by atoms with Crippen LogP contribution < -0.4 is 10.6 Å². The van der Waals surface area contributed by atoms with Crippen molar-refractivity contribution >= 4 is 5.91 Å². The zero-order valence-corrected chi connectivity index (χ0v) is 8.61. The Labute approximate surface area is 90.6 Å². The minimum absolute atomic E-state index is 0.0747. The molecule has 0 heterocycles. The van der Waals surface area contributed by atoms with Gasteiger partial charge in [-0.3, -0.25) is 4.79 Å². The second-order valence-corrected chi connectivity index (χ2v) is 3.14. The monoisotopic (exact) mass is 232 g/mol. The van der Waals surface area contributed by atoms with E-state index in [-0.39, 0.29) is 24.6 Å². The van der Waals surface area contributed by atoms with Crippen LogP contribution >= 0.6 is 0 Å². The summed E-state index contributed by atoms with van der Waals surface area (Å²) in [4.78, 5) is 11.0. The van der Waals surface area contributed by atoms with E-state index in [1.165, 1.54) is 0 Å². The van der Waals surface area contributed by atoms with E-state index in [0.717, 1.165) is 12.1 Å². The Bertz CT molecular complexity index is 396. The maximum absolute atomic E-state index is 13.1. The first kappa shape index (κ1) is 12.5. The zero-order valence-electron chi connectivity index (χ0n) is 8.61. The molecule has 0 saturated carbocycles. The molecular weight excluding hydrogens is 221 g/mol. The van der Waals surface area contributed by atoms with Crippen LogP contribution in [-0.2, 0) is 11.3 Å². The number of benzene rings is 1. The Morgan fingerprint density at radius 1 is 1.25 bits per heavy atom. The van der Waals surface area contributed by atoms with Crippen LogP contribution in [0, 0.1) is 17.5 Å². The molecule has 88 valence electrons. The summed E-state index contributed by atoms with van der Waals surface area (Å²) >= 11 is 0. The van der Waals surface area contributed by atoms with Crippen molar-refractivity contribution < 1.29 is 18.0 Å². The van der Waals surface area contributed by atoms with Gasteiger partial charge in [0.05, 0.1) is 6.54 Å². The summed E-state index contributed by atoms with van der Waals surface area (Å²) in [6, 6.07) is 1.91. The largest absolute Gasteiger partial charge is 0.351 e. The zero-order chi connectivity index (χ0) is 12.1. The fraction of sp³-hybridized carbons (Fsp3) is 0.300. The van der Waals surface area contributed by atoms with E-state index in [9.17, 15) is 18.0 Å². The highest BCUT2D eigenvalue weighted by Crippen LogP contribution is 2.14. The smallest absolute Gasteiger partial charge is 0.234 e. The SMILES string of the molecule is CNCC(=O)NCc1ccc(F)c(F)c1F. The summed E-state index contributed by atoms with van der Waals surface area (Å²) in [7, 11) is 1.58. The Kier molecular flexibility index (Phi) is 4.30. The second-order valence-electron chi connectivity index (χ2n) is 3.14. The van der Waals surface area contributed by atoms with Crippen molar-refractivity contribution in [3.8, 4) is 0 Å². The molecule has 0 unspecified atom stereocenters. The van der Waals surface area contributed by atoms with Crippen molar-refractivity contribution in [1.29, 1.82) is 0 Å². The van der Waals surface area contributed by atoms with Gasteiger partial charge < -0.3 is 10.6 Å². The molecule has 1 aromatic rings. The van der Waals surface area contributed by atoms with Gasteiger partial charge in [0.2, 0.25) is 5.91 Å². The number of hydrogen-bond acceptors (Lipinski definition) is 2. The number of carbonyl (C=O) groups is 1. The third-order valence-corrected chi connectivity index (χ3v) is 1.93. The minimum Gasteiger partial charge on any atom is -0.351 e. The highest BCUT2D eigenvalue weighted by atomic mass is 19.2. The average Bonchev–Trinajstić information content (AvgIpc) is 2.25. The summed E-state index contributed by atoms with van der Waals surface area (Å²) in [6.07, 6.45) is 0. The third kappa shape index (κ3) is 2.96. The van der Waals surface area contributed by atoms with Crippen molar-refractivity contribution in [2.24, 2.45) is 0 Å². The van der Waals surface area contributed by atoms with Crippen LogP contribution in [0.15, 0.2) is 12.1 Å². The molecule has 0 spiro atoms. The predicted octanol–water partition coefficient (Wildman–Crippen LogP) is 0.939. The van der Waals surface area contributed by atoms with Crippen molar-refractivity contribution in [3.05, 3.63) is 35.1 Å². The Balaban J connectivity index is 2.68. The van der Waals surface area contributed by atoms with E-state index in [1.807, 2.05) is 0 Å². The highest BCUT2D eigenvalue weighted by Gasteiger charge is 2.13. The lowest BCUT2D eigenvalue weighted by Gasteiger charge is -2.06. The van der Waals surface area contributed by atoms with E-state index >= 15 is 0 Å². The fourth-order valence-corrected chi connectivity index (χ4v) is 1.12. The topological polar surface area (TPSA) is 41.1 Å². The van der Waals surface area contributed by atoms with Crippen LogP contribution in [0.4, 0.5) is 13.2 Å². The van der Waals surface area contributed by atoms with Crippen molar-refractivity contribution in [1.82, 2.24) is 10.6 Å². The van der Waals surface area contributed by atoms with Gasteiger partial charge in [0.1, 0.15) is 0 Å². The number of amides is 1. The maximum atomic E-state index is 13.1. The van der Waals surface area contributed by atoms with Crippen LogP contribution in [0.25, 0.3) is 0 Å². The molecule has 0 aliphatic carbocycles. The van der Waals surface area contributed by atoms with Crippen molar-refractivity contribution in [3.63, 3.8) is 0 Å². The summed E-state index contributed by atoms with van der Waals surface area (Å²) in [6.45, 7) is -0.102. The first-order chi connectivity index (χ1) is 7.56. The van der Waals surface area contributed by atoms with Gasteiger partial charge in [0.25, 0.3) is 0 Å². The molecule has 0 radical (unpaired) electrons. The van der Waals surface area contributed by atoms with E-state index in [0.29, 0.717) is 0 Å². The van der Waals surface area contributed by atoms with Gasteiger partial charge in [-0.15, -0.1) is 0 Å². The molecule has 0 atom stereocenters. The molecule has 1 amide bonds. The number of halogens is 3. The normalized spacial score (nSPS) is 10.2. The Morgan fingerprint density at radius 3 is 2.56 bits per heavy atom.